The maximum absolute atomic E-state index is 11.2. The highest BCUT2D eigenvalue weighted by Gasteiger charge is 2.26. The maximum atomic E-state index is 11.2. The molecule has 1 atom stereocenters. The summed E-state index contributed by atoms with van der Waals surface area (Å²) in [7, 11) is 1.68. The molecule has 1 unspecified atom stereocenters. The molecule has 0 saturated heterocycles. The zero-order valence-electron chi connectivity index (χ0n) is 13.9. The first-order valence-corrected chi connectivity index (χ1v) is 7.74. The summed E-state index contributed by atoms with van der Waals surface area (Å²) in [5.74, 6) is 0.668. The van der Waals surface area contributed by atoms with Crippen molar-refractivity contribution in [3.8, 4) is 5.75 Å². The number of hydrogen-bond acceptors (Lipinski definition) is 4. The quantitative estimate of drug-likeness (QED) is 0.598. The highest BCUT2D eigenvalue weighted by molar-refractivity contribution is 5.66. The number of benzene rings is 1. The zero-order chi connectivity index (χ0) is 16.1. The molecule has 0 fully saturated rings. The second kappa shape index (κ2) is 7.45. The number of carbonyl (C=O) groups excluding carboxylic acids is 1. The van der Waals surface area contributed by atoms with Crippen LogP contribution in [-0.2, 0) is 16.1 Å². The molecule has 0 aromatic heterocycles. The van der Waals surface area contributed by atoms with Crippen LogP contribution in [0.3, 0.4) is 0 Å². The van der Waals surface area contributed by atoms with Gasteiger partial charge in [-0.2, -0.15) is 0 Å². The van der Waals surface area contributed by atoms with Gasteiger partial charge >= 0.3 is 5.97 Å². The molecule has 0 amide bonds. The summed E-state index contributed by atoms with van der Waals surface area (Å²) >= 11 is 0. The van der Waals surface area contributed by atoms with Gasteiger partial charge in [0.05, 0.1) is 7.11 Å². The summed E-state index contributed by atoms with van der Waals surface area (Å²) in [6.07, 6.45) is 0.737. The van der Waals surface area contributed by atoms with Crippen LogP contribution in [0.25, 0.3) is 0 Å². The molecule has 0 aliphatic carbocycles. The molecule has 1 aromatic carbocycles. The van der Waals surface area contributed by atoms with Crippen molar-refractivity contribution in [3.63, 3.8) is 0 Å². The predicted molar refractivity (Wildman–Crippen MR) is 86.8 cm³/mol. The molecule has 0 radical (unpaired) electrons. The van der Waals surface area contributed by atoms with Crippen LogP contribution < -0.4 is 4.74 Å². The van der Waals surface area contributed by atoms with Gasteiger partial charge in [-0.25, -0.2) is 0 Å². The minimum atomic E-state index is -0.208. The number of carbonyl (C=O) groups is 1. The number of ether oxygens (including phenoxy) is 2. The van der Waals surface area contributed by atoms with Gasteiger partial charge in [0, 0.05) is 26.6 Å². The van der Waals surface area contributed by atoms with E-state index in [0.717, 1.165) is 31.8 Å². The lowest BCUT2D eigenvalue weighted by Crippen LogP contribution is -2.25. The van der Waals surface area contributed by atoms with E-state index in [2.05, 4.69) is 30.9 Å². The van der Waals surface area contributed by atoms with Gasteiger partial charge in [0.25, 0.3) is 0 Å². The SMILES string of the molecule is CCC(OC(C)=O)C1=C(C)CN(Cc2ccc(OC)cc2)C1. The molecule has 1 heterocycles. The van der Waals surface area contributed by atoms with E-state index in [0.29, 0.717) is 0 Å². The van der Waals surface area contributed by atoms with Gasteiger partial charge in [-0.1, -0.05) is 24.6 Å². The van der Waals surface area contributed by atoms with Crippen LogP contribution in [0, 0.1) is 0 Å². The normalized spacial score (nSPS) is 16.7. The van der Waals surface area contributed by atoms with Crippen LogP contribution in [0.5, 0.6) is 5.75 Å². The van der Waals surface area contributed by atoms with Gasteiger partial charge in [0.15, 0.2) is 0 Å². The average Bonchev–Trinajstić information content (AvgIpc) is 2.86. The predicted octanol–water partition coefficient (Wildman–Crippen LogP) is 3.17. The minimum absolute atomic E-state index is 0.0848. The molecule has 0 spiro atoms. The Kier molecular flexibility index (Phi) is 5.61. The lowest BCUT2D eigenvalue weighted by molar-refractivity contribution is -0.144. The lowest BCUT2D eigenvalue weighted by Gasteiger charge is -2.20. The Hall–Kier alpha value is -1.81. The Bertz CT molecular complexity index is 548. The van der Waals surface area contributed by atoms with Crippen molar-refractivity contribution >= 4 is 5.97 Å². The smallest absolute Gasteiger partial charge is 0.303 e. The summed E-state index contributed by atoms with van der Waals surface area (Å²) in [5.41, 5.74) is 3.84. The standard InChI is InChI=1S/C18H25NO3/c1-5-18(22-14(3)20)17-12-19(10-13(17)2)11-15-6-8-16(21-4)9-7-15/h6-9,18H,5,10-12H2,1-4H3. The molecular formula is C18H25NO3. The zero-order valence-corrected chi connectivity index (χ0v) is 13.9. The van der Waals surface area contributed by atoms with Crippen LogP contribution in [0.15, 0.2) is 35.4 Å². The number of nitrogens with zero attached hydrogens (tertiary/aromatic N) is 1. The molecule has 4 nitrogen and oxygen atoms in total. The molecule has 1 aliphatic rings. The largest absolute Gasteiger partial charge is 0.497 e. The second-order valence-corrected chi connectivity index (χ2v) is 5.81. The average molecular weight is 303 g/mol. The lowest BCUT2D eigenvalue weighted by atomic mass is 10.0. The third-order valence-electron chi connectivity index (χ3n) is 4.04. The monoisotopic (exact) mass is 303 g/mol. The summed E-state index contributed by atoms with van der Waals surface area (Å²) < 4.78 is 10.6. The van der Waals surface area contributed by atoms with Crippen molar-refractivity contribution in [3.05, 3.63) is 41.0 Å². The first-order chi connectivity index (χ1) is 10.5. The number of esters is 1. The van der Waals surface area contributed by atoms with Crippen LogP contribution in [0.2, 0.25) is 0 Å². The van der Waals surface area contributed by atoms with Gasteiger partial charge in [-0.05, 0) is 36.6 Å². The first-order valence-electron chi connectivity index (χ1n) is 7.74. The number of rotatable bonds is 6. The van der Waals surface area contributed by atoms with Gasteiger partial charge < -0.3 is 9.47 Å². The maximum Gasteiger partial charge on any atom is 0.303 e. The molecule has 2 rings (SSSR count). The van der Waals surface area contributed by atoms with E-state index in [1.54, 1.807) is 7.11 Å². The van der Waals surface area contributed by atoms with E-state index in [-0.39, 0.29) is 12.1 Å². The minimum Gasteiger partial charge on any atom is -0.497 e. The Morgan fingerprint density at radius 3 is 2.50 bits per heavy atom. The Morgan fingerprint density at radius 2 is 1.95 bits per heavy atom. The van der Waals surface area contributed by atoms with Crippen molar-refractivity contribution in [1.29, 1.82) is 0 Å². The highest BCUT2D eigenvalue weighted by atomic mass is 16.5. The van der Waals surface area contributed by atoms with Crippen LogP contribution in [-0.4, -0.2) is 37.2 Å². The molecule has 0 N–H and O–H groups in total. The van der Waals surface area contributed by atoms with Gasteiger partial charge in [-0.3, -0.25) is 9.69 Å². The van der Waals surface area contributed by atoms with Crippen LogP contribution in [0.4, 0.5) is 0 Å². The number of hydrogen-bond donors (Lipinski definition) is 0. The van der Waals surface area contributed by atoms with E-state index >= 15 is 0 Å². The Morgan fingerprint density at radius 1 is 1.27 bits per heavy atom. The summed E-state index contributed by atoms with van der Waals surface area (Å²) in [6.45, 7) is 8.35. The van der Waals surface area contributed by atoms with Crippen molar-refractivity contribution in [2.45, 2.75) is 39.8 Å². The van der Waals surface area contributed by atoms with Crippen molar-refractivity contribution in [2.75, 3.05) is 20.2 Å². The van der Waals surface area contributed by atoms with Crippen LogP contribution >= 0.6 is 0 Å². The summed E-state index contributed by atoms with van der Waals surface area (Å²) in [6, 6.07) is 8.16. The first kappa shape index (κ1) is 16.6. The van der Waals surface area contributed by atoms with Gasteiger partial charge in [-0.15, -0.1) is 0 Å². The third-order valence-corrected chi connectivity index (χ3v) is 4.04. The van der Waals surface area contributed by atoms with E-state index in [4.69, 9.17) is 9.47 Å². The summed E-state index contributed by atoms with van der Waals surface area (Å²) in [4.78, 5) is 13.6. The molecule has 1 aromatic rings. The van der Waals surface area contributed by atoms with Crippen LogP contribution in [0.1, 0.15) is 32.8 Å². The third kappa shape index (κ3) is 4.10. The van der Waals surface area contributed by atoms with E-state index in [9.17, 15) is 4.79 Å². The van der Waals surface area contributed by atoms with Crippen molar-refractivity contribution < 1.29 is 14.3 Å². The molecule has 120 valence electrons. The summed E-state index contributed by atoms with van der Waals surface area (Å²) in [5, 5.41) is 0. The topological polar surface area (TPSA) is 38.8 Å². The Labute approximate surface area is 132 Å². The van der Waals surface area contributed by atoms with Crippen molar-refractivity contribution in [2.24, 2.45) is 0 Å². The van der Waals surface area contributed by atoms with Crippen molar-refractivity contribution in [1.82, 2.24) is 4.90 Å². The fraction of sp³-hybridized carbons (Fsp3) is 0.500. The van der Waals surface area contributed by atoms with Gasteiger partial charge in [0.2, 0.25) is 0 Å². The molecule has 4 heteroatoms. The molecule has 22 heavy (non-hydrogen) atoms. The van der Waals surface area contributed by atoms with Gasteiger partial charge in [0.1, 0.15) is 11.9 Å². The molecular weight excluding hydrogens is 278 g/mol. The van der Waals surface area contributed by atoms with E-state index in [1.165, 1.54) is 23.6 Å². The fourth-order valence-electron chi connectivity index (χ4n) is 2.95. The second-order valence-electron chi connectivity index (χ2n) is 5.81. The van der Waals surface area contributed by atoms with E-state index < -0.39 is 0 Å². The Balaban J connectivity index is 1.98. The molecule has 0 saturated carbocycles. The fourth-order valence-corrected chi connectivity index (χ4v) is 2.95. The molecule has 0 bridgehead atoms. The van der Waals surface area contributed by atoms with E-state index in [1.807, 2.05) is 12.1 Å². The number of methoxy groups -OCH3 is 1. The highest BCUT2D eigenvalue weighted by Crippen LogP contribution is 2.25. The molecule has 1 aliphatic heterocycles.